The maximum atomic E-state index is 12.7. The van der Waals surface area contributed by atoms with Gasteiger partial charge in [0.25, 0.3) is 0 Å². The summed E-state index contributed by atoms with van der Waals surface area (Å²) in [7, 11) is -3.46. The Morgan fingerprint density at radius 3 is 2.25 bits per heavy atom. The summed E-state index contributed by atoms with van der Waals surface area (Å²) < 4.78 is 28.3. The molecule has 1 heterocycles. The van der Waals surface area contributed by atoms with Gasteiger partial charge in [-0.05, 0) is 69.3 Å². The first-order valence-corrected chi connectivity index (χ1v) is 8.61. The predicted molar refractivity (Wildman–Crippen MR) is 81.6 cm³/mol. The molecule has 1 unspecified atom stereocenters. The summed E-state index contributed by atoms with van der Waals surface area (Å²) in [5.41, 5.74) is 3.75. The van der Waals surface area contributed by atoms with Crippen LogP contribution < -0.4 is 10.0 Å². The molecule has 20 heavy (non-hydrogen) atoms. The second-order valence-electron chi connectivity index (χ2n) is 5.75. The van der Waals surface area contributed by atoms with Crippen molar-refractivity contribution in [1.82, 2.24) is 10.0 Å². The lowest BCUT2D eigenvalue weighted by atomic mass is 10.0. The van der Waals surface area contributed by atoms with E-state index in [-0.39, 0.29) is 6.04 Å². The average Bonchev–Trinajstić information content (AvgIpc) is 2.37. The molecule has 2 N–H and O–H groups in total. The topological polar surface area (TPSA) is 58.2 Å². The molecule has 1 atom stereocenters. The highest BCUT2D eigenvalue weighted by Gasteiger charge is 2.25. The Labute approximate surface area is 122 Å². The Balaban J connectivity index is 2.38. The second-order valence-corrected chi connectivity index (χ2v) is 7.40. The molecular formula is C15H24N2O2S. The van der Waals surface area contributed by atoms with E-state index in [2.05, 4.69) is 10.0 Å². The summed E-state index contributed by atoms with van der Waals surface area (Å²) in [4.78, 5) is 0.459. The molecule has 112 valence electrons. The van der Waals surface area contributed by atoms with Crippen LogP contribution in [0.3, 0.4) is 0 Å². The van der Waals surface area contributed by atoms with E-state index in [1.807, 2.05) is 33.8 Å². The van der Waals surface area contributed by atoms with Gasteiger partial charge in [0.2, 0.25) is 10.0 Å². The smallest absolute Gasteiger partial charge is 0.241 e. The number of benzene rings is 1. The van der Waals surface area contributed by atoms with Gasteiger partial charge in [-0.15, -0.1) is 0 Å². The highest BCUT2D eigenvalue weighted by atomic mass is 32.2. The number of sulfonamides is 1. The van der Waals surface area contributed by atoms with E-state index in [0.29, 0.717) is 11.4 Å². The lowest BCUT2D eigenvalue weighted by molar-refractivity contribution is 0.428. The van der Waals surface area contributed by atoms with Crippen LogP contribution in [0.2, 0.25) is 0 Å². The first kappa shape index (κ1) is 15.5. The van der Waals surface area contributed by atoms with E-state index in [1.165, 1.54) is 0 Å². The van der Waals surface area contributed by atoms with Gasteiger partial charge in [0.15, 0.2) is 0 Å². The van der Waals surface area contributed by atoms with Crippen molar-refractivity contribution in [2.24, 2.45) is 0 Å². The van der Waals surface area contributed by atoms with Crippen molar-refractivity contribution in [3.63, 3.8) is 0 Å². The van der Waals surface area contributed by atoms with Crippen LogP contribution in [0, 0.1) is 27.7 Å². The molecule has 1 aliphatic heterocycles. The molecule has 0 radical (unpaired) electrons. The van der Waals surface area contributed by atoms with Crippen LogP contribution in [0.15, 0.2) is 11.0 Å². The third kappa shape index (κ3) is 3.05. The van der Waals surface area contributed by atoms with Gasteiger partial charge in [-0.2, -0.15) is 0 Å². The van der Waals surface area contributed by atoms with Crippen molar-refractivity contribution in [1.29, 1.82) is 0 Å². The van der Waals surface area contributed by atoms with Gasteiger partial charge in [0.05, 0.1) is 4.90 Å². The van der Waals surface area contributed by atoms with Crippen molar-refractivity contribution >= 4 is 10.0 Å². The molecule has 0 spiro atoms. The zero-order chi connectivity index (χ0) is 14.9. The van der Waals surface area contributed by atoms with E-state index < -0.39 is 10.0 Å². The number of rotatable bonds is 3. The van der Waals surface area contributed by atoms with E-state index in [0.717, 1.165) is 41.6 Å². The fraction of sp³-hybridized carbons (Fsp3) is 0.600. The van der Waals surface area contributed by atoms with Crippen LogP contribution in [-0.4, -0.2) is 27.5 Å². The van der Waals surface area contributed by atoms with Crippen LogP contribution in [0.1, 0.15) is 35.1 Å². The number of piperidine rings is 1. The minimum atomic E-state index is -3.46. The van der Waals surface area contributed by atoms with Gasteiger partial charge < -0.3 is 5.32 Å². The third-order valence-corrected chi connectivity index (χ3v) is 5.98. The van der Waals surface area contributed by atoms with Gasteiger partial charge in [0.1, 0.15) is 0 Å². The summed E-state index contributed by atoms with van der Waals surface area (Å²) in [6, 6.07) is 2.04. The Kier molecular flexibility index (Phi) is 4.52. The quantitative estimate of drug-likeness (QED) is 0.896. The molecule has 0 aromatic heterocycles. The first-order chi connectivity index (χ1) is 9.33. The Hall–Kier alpha value is -0.910. The normalized spacial score (nSPS) is 20.1. The van der Waals surface area contributed by atoms with E-state index in [4.69, 9.17) is 0 Å². The Morgan fingerprint density at radius 1 is 1.15 bits per heavy atom. The van der Waals surface area contributed by atoms with E-state index in [1.54, 1.807) is 0 Å². The minimum Gasteiger partial charge on any atom is -0.315 e. The molecule has 5 heteroatoms. The number of hydrogen-bond donors (Lipinski definition) is 2. The van der Waals surface area contributed by atoms with Gasteiger partial charge >= 0.3 is 0 Å². The monoisotopic (exact) mass is 296 g/mol. The molecule has 4 nitrogen and oxygen atoms in total. The summed E-state index contributed by atoms with van der Waals surface area (Å²) in [6.45, 7) is 9.37. The van der Waals surface area contributed by atoms with E-state index >= 15 is 0 Å². The van der Waals surface area contributed by atoms with Gasteiger partial charge in [-0.3, -0.25) is 0 Å². The number of hydrogen-bond acceptors (Lipinski definition) is 3. The minimum absolute atomic E-state index is 0.00614. The molecule has 0 amide bonds. The van der Waals surface area contributed by atoms with Crippen molar-refractivity contribution in [2.45, 2.75) is 51.5 Å². The van der Waals surface area contributed by atoms with Crippen LogP contribution >= 0.6 is 0 Å². The molecule has 1 fully saturated rings. The van der Waals surface area contributed by atoms with E-state index in [9.17, 15) is 8.42 Å². The van der Waals surface area contributed by atoms with Crippen LogP contribution in [0.5, 0.6) is 0 Å². The molecule has 0 aliphatic carbocycles. The summed E-state index contributed by atoms with van der Waals surface area (Å²) in [5.74, 6) is 0. The van der Waals surface area contributed by atoms with Gasteiger partial charge in [0, 0.05) is 12.6 Å². The molecule has 2 rings (SSSR count). The molecule has 0 bridgehead atoms. The molecule has 1 aromatic rings. The van der Waals surface area contributed by atoms with Crippen LogP contribution in [0.25, 0.3) is 0 Å². The van der Waals surface area contributed by atoms with Crippen molar-refractivity contribution in [3.05, 3.63) is 28.3 Å². The largest absolute Gasteiger partial charge is 0.315 e. The maximum Gasteiger partial charge on any atom is 0.241 e. The van der Waals surface area contributed by atoms with Crippen LogP contribution in [-0.2, 0) is 10.0 Å². The molecule has 1 aromatic carbocycles. The fourth-order valence-corrected chi connectivity index (χ4v) is 4.70. The highest BCUT2D eigenvalue weighted by molar-refractivity contribution is 7.89. The summed E-state index contributed by atoms with van der Waals surface area (Å²) in [6.07, 6.45) is 1.91. The molecular weight excluding hydrogens is 272 g/mol. The lowest BCUT2D eigenvalue weighted by Gasteiger charge is -2.25. The van der Waals surface area contributed by atoms with Crippen molar-refractivity contribution in [2.75, 3.05) is 13.1 Å². The highest BCUT2D eigenvalue weighted by Crippen LogP contribution is 2.26. The Morgan fingerprint density at radius 2 is 1.75 bits per heavy atom. The summed E-state index contributed by atoms with van der Waals surface area (Å²) in [5, 5.41) is 3.23. The number of nitrogens with one attached hydrogen (secondary N) is 2. The van der Waals surface area contributed by atoms with Crippen molar-refractivity contribution < 1.29 is 8.42 Å². The number of aryl methyl sites for hydroxylation is 2. The molecule has 1 aliphatic rings. The summed E-state index contributed by atoms with van der Waals surface area (Å²) >= 11 is 0. The van der Waals surface area contributed by atoms with Gasteiger partial charge in [-0.25, -0.2) is 13.1 Å². The maximum absolute atomic E-state index is 12.7. The molecule has 1 saturated heterocycles. The average molecular weight is 296 g/mol. The zero-order valence-electron chi connectivity index (χ0n) is 12.7. The third-order valence-electron chi connectivity index (χ3n) is 4.18. The molecule has 0 saturated carbocycles. The lowest BCUT2D eigenvalue weighted by Crippen LogP contribution is -2.45. The second kappa shape index (κ2) is 5.84. The SMILES string of the molecule is Cc1cc(C)c(C)c(S(=O)(=O)NC2CCCNC2)c1C. The van der Waals surface area contributed by atoms with Gasteiger partial charge in [-0.1, -0.05) is 6.07 Å². The van der Waals surface area contributed by atoms with Crippen molar-refractivity contribution in [3.8, 4) is 0 Å². The standard InChI is InChI=1S/C15H24N2O2S/c1-10-8-11(2)13(4)15(12(10)3)20(18,19)17-14-6-5-7-16-9-14/h8,14,16-17H,5-7,9H2,1-4H3. The van der Waals surface area contributed by atoms with Crippen LogP contribution in [0.4, 0.5) is 0 Å². The Bertz CT molecular complexity index is 577. The predicted octanol–water partition coefficient (Wildman–Crippen LogP) is 1.95. The zero-order valence-corrected chi connectivity index (χ0v) is 13.5. The fourth-order valence-electron chi connectivity index (χ4n) is 2.81. The first-order valence-electron chi connectivity index (χ1n) is 7.13.